The molecule has 0 aromatic heterocycles. The number of nitrogens with one attached hydrogen (secondary N) is 2. The fraction of sp³-hybridized carbons (Fsp3) is 0.381. The predicted octanol–water partition coefficient (Wildman–Crippen LogP) is 4.52. The number of hydrogen-bond acceptors (Lipinski definition) is 2. The molecule has 1 unspecified atom stereocenters. The van der Waals surface area contributed by atoms with Crippen LogP contribution >= 0.6 is 0 Å². The molecule has 2 aromatic carbocycles. The van der Waals surface area contributed by atoms with Crippen LogP contribution < -0.4 is 15.4 Å². The molecule has 4 heteroatoms. The summed E-state index contributed by atoms with van der Waals surface area (Å²) < 4.78 is 5.50. The molecule has 0 aliphatic rings. The smallest absolute Gasteiger partial charge is 0.315 e. The first-order valence-electron chi connectivity index (χ1n) is 8.71. The van der Waals surface area contributed by atoms with E-state index in [-0.39, 0.29) is 17.5 Å². The van der Waals surface area contributed by atoms with E-state index in [2.05, 4.69) is 31.4 Å². The molecule has 4 nitrogen and oxygen atoms in total. The number of amides is 2. The number of hydrogen-bond donors (Lipinski definition) is 2. The van der Waals surface area contributed by atoms with Gasteiger partial charge < -0.3 is 15.4 Å². The van der Waals surface area contributed by atoms with Gasteiger partial charge in [0.15, 0.2) is 0 Å². The summed E-state index contributed by atoms with van der Waals surface area (Å²) in [5, 5.41) is 6.03. The summed E-state index contributed by atoms with van der Waals surface area (Å²) in [5.74, 6) is 0.829. The molecule has 0 radical (unpaired) electrons. The Kier molecular flexibility index (Phi) is 6.45. The molecule has 25 heavy (non-hydrogen) atoms. The lowest BCUT2D eigenvalue weighted by molar-refractivity contribution is 0.233. The number of benzene rings is 2. The van der Waals surface area contributed by atoms with E-state index in [9.17, 15) is 4.79 Å². The number of carbonyl (C=O) groups excluding carboxylic acids is 1. The summed E-state index contributed by atoms with van der Waals surface area (Å²) in [6.45, 7) is 9.48. The molecule has 0 aliphatic heterocycles. The molecule has 2 rings (SSSR count). The second-order valence-corrected chi connectivity index (χ2v) is 7.23. The normalized spacial score (nSPS) is 12.3. The average molecular weight is 340 g/mol. The maximum absolute atomic E-state index is 12.4. The molecule has 2 amide bonds. The molecule has 1 atom stereocenters. The molecule has 0 aliphatic carbocycles. The molecule has 0 saturated carbocycles. The van der Waals surface area contributed by atoms with E-state index in [0.717, 1.165) is 16.9 Å². The minimum Gasteiger partial charge on any atom is -0.494 e. The van der Waals surface area contributed by atoms with Gasteiger partial charge in [-0.05, 0) is 35.6 Å². The van der Waals surface area contributed by atoms with Crippen molar-refractivity contribution in [2.24, 2.45) is 5.41 Å². The van der Waals surface area contributed by atoms with E-state index < -0.39 is 0 Å². The van der Waals surface area contributed by atoms with Crippen LogP contribution in [0.2, 0.25) is 0 Å². The molecule has 0 bridgehead atoms. The quantitative estimate of drug-likeness (QED) is 0.812. The van der Waals surface area contributed by atoms with Crippen LogP contribution in [0.4, 0.5) is 4.79 Å². The lowest BCUT2D eigenvalue weighted by Gasteiger charge is -2.23. The first kappa shape index (κ1) is 18.8. The molecule has 0 spiro atoms. The number of ether oxygens (including phenoxy) is 1. The van der Waals surface area contributed by atoms with Crippen molar-refractivity contribution in [2.45, 2.75) is 33.7 Å². The second kappa shape index (κ2) is 8.56. The Hall–Kier alpha value is -2.49. The van der Waals surface area contributed by atoms with Crippen molar-refractivity contribution in [3.63, 3.8) is 0 Å². The van der Waals surface area contributed by atoms with Crippen LogP contribution in [0.1, 0.15) is 44.9 Å². The molecular weight excluding hydrogens is 312 g/mol. The Morgan fingerprint density at radius 2 is 1.60 bits per heavy atom. The Bertz CT molecular complexity index is 661. The van der Waals surface area contributed by atoms with E-state index in [4.69, 9.17) is 4.74 Å². The number of carbonyl (C=O) groups is 1. The third kappa shape index (κ3) is 6.14. The van der Waals surface area contributed by atoms with Crippen molar-refractivity contribution >= 4 is 6.03 Å². The van der Waals surface area contributed by atoms with Crippen molar-refractivity contribution in [2.75, 3.05) is 13.2 Å². The Morgan fingerprint density at radius 1 is 1.00 bits per heavy atom. The fourth-order valence-electron chi connectivity index (χ4n) is 2.46. The zero-order chi connectivity index (χ0) is 18.3. The van der Waals surface area contributed by atoms with Crippen LogP contribution in [-0.4, -0.2) is 19.2 Å². The second-order valence-electron chi connectivity index (χ2n) is 7.23. The van der Waals surface area contributed by atoms with Gasteiger partial charge in [0.1, 0.15) is 5.75 Å². The van der Waals surface area contributed by atoms with Gasteiger partial charge in [-0.15, -0.1) is 0 Å². The van der Waals surface area contributed by atoms with Crippen molar-refractivity contribution in [3.8, 4) is 5.75 Å². The van der Waals surface area contributed by atoms with Gasteiger partial charge in [-0.3, -0.25) is 0 Å². The highest BCUT2D eigenvalue weighted by Gasteiger charge is 2.18. The van der Waals surface area contributed by atoms with Crippen LogP contribution in [0, 0.1) is 5.41 Å². The van der Waals surface area contributed by atoms with Crippen LogP contribution in [0.15, 0.2) is 54.6 Å². The SMILES string of the molecule is CCOc1ccc(C(NC(=O)NCC(C)(C)C)c2ccccc2)cc1. The van der Waals surface area contributed by atoms with Crippen LogP contribution in [0.25, 0.3) is 0 Å². The fourth-order valence-corrected chi connectivity index (χ4v) is 2.46. The van der Waals surface area contributed by atoms with Gasteiger partial charge in [0, 0.05) is 6.54 Å². The average Bonchev–Trinajstić information content (AvgIpc) is 2.59. The summed E-state index contributed by atoms with van der Waals surface area (Å²) in [7, 11) is 0. The summed E-state index contributed by atoms with van der Waals surface area (Å²) in [4.78, 5) is 12.4. The summed E-state index contributed by atoms with van der Waals surface area (Å²) >= 11 is 0. The molecule has 134 valence electrons. The van der Waals surface area contributed by atoms with E-state index in [1.807, 2.05) is 61.5 Å². The van der Waals surface area contributed by atoms with Gasteiger partial charge in [0.25, 0.3) is 0 Å². The molecule has 2 N–H and O–H groups in total. The predicted molar refractivity (Wildman–Crippen MR) is 102 cm³/mol. The van der Waals surface area contributed by atoms with E-state index >= 15 is 0 Å². The van der Waals surface area contributed by atoms with E-state index in [0.29, 0.717) is 13.2 Å². The van der Waals surface area contributed by atoms with Gasteiger partial charge in [0.05, 0.1) is 12.6 Å². The van der Waals surface area contributed by atoms with Gasteiger partial charge in [-0.25, -0.2) is 4.79 Å². The van der Waals surface area contributed by atoms with Gasteiger partial charge in [0.2, 0.25) is 0 Å². The van der Waals surface area contributed by atoms with Crippen molar-refractivity contribution in [3.05, 3.63) is 65.7 Å². The molecule has 0 heterocycles. The Balaban J connectivity index is 2.17. The first-order chi connectivity index (χ1) is 11.9. The largest absolute Gasteiger partial charge is 0.494 e. The topological polar surface area (TPSA) is 50.4 Å². The summed E-state index contributed by atoms with van der Waals surface area (Å²) in [6.07, 6.45) is 0. The van der Waals surface area contributed by atoms with Crippen LogP contribution in [0.5, 0.6) is 5.75 Å². The molecular formula is C21H28N2O2. The van der Waals surface area contributed by atoms with E-state index in [1.54, 1.807) is 0 Å². The monoisotopic (exact) mass is 340 g/mol. The zero-order valence-electron chi connectivity index (χ0n) is 15.5. The Labute approximate surface area is 150 Å². The van der Waals surface area contributed by atoms with Crippen molar-refractivity contribution in [1.82, 2.24) is 10.6 Å². The maximum Gasteiger partial charge on any atom is 0.315 e. The maximum atomic E-state index is 12.4. The molecule has 0 fully saturated rings. The minimum atomic E-state index is -0.211. The van der Waals surface area contributed by atoms with Gasteiger partial charge in [-0.1, -0.05) is 63.2 Å². The standard InChI is InChI=1S/C21H28N2O2/c1-5-25-18-13-11-17(12-14-18)19(16-9-7-6-8-10-16)23-20(24)22-15-21(2,3)4/h6-14,19H,5,15H2,1-4H3,(H2,22,23,24). The zero-order valence-corrected chi connectivity index (χ0v) is 15.5. The van der Waals surface area contributed by atoms with Crippen LogP contribution in [0.3, 0.4) is 0 Å². The summed E-state index contributed by atoms with van der Waals surface area (Å²) in [5.41, 5.74) is 2.09. The lowest BCUT2D eigenvalue weighted by atomic mass is 9.97. The first-order valence-corrected chi connectivity index (χ1v) is 8.71. The number of urea groups is 1. The van der Waals surface area contributed by atoms with E-state index in [1.165, 1.54) is 0 Å². The highest BCUT2D eigenvalue weighted by molar-refractivity contribution is 5.75. The minimum absolute atomic E-state index is 0.0404. The highest BCUT2D eigenvalue weighted by atomic mass is 16.5. The van der Waals surface area contributed by atoms with Crippen molar-refractivity contribution < 1.29 is 9.53 Å². The number of rotatable bonds is 6. The Morgan fingerprint density at radius 3 is 2.16 bits per heavy atom. The highest BCUT2D eigenvalue weighted by Crippen LogP contribution is 2.24. The third-order valence-corrected chi connectivity index (χ3v) is 3.71. The van der Waals surface area contributed by atoms with Crippen molar-refractivity contribution in [1.29, 1.82) is 0 Å². The summed E-state index contributed by atoms with van der Waals surface area (Å²) in [6, 6.07) is 17.4. The molecule has 2 aromatic rings. The molecule has 0 saturated heterocycles. The van der Waals surface area contributed by atoms with Gasteiger partial charge in [-0.2, -0.15) is 0 Å². The van der Waals surface area contributed by atoms with Crippen LogP contribution in [-0.2, 0) is 0 Å². The lowest BCUT2D eigenvalue weighted by Crippen LogP contribution is -2.41. The van der Waals surface area contributed by atoms with Gasteiger partial charge >= 0.3 is 6.03 Å². The third-order valence-electron chi connectivity index (χ3n) is 3.71.